The lowest BCUT2D eigenvalue weighted by molar-refractivity contribution is 0.102. The van der Waals surface area contributed by atoms with Crippen molar-refractivity contribution in [2.24, 2.45) is 7.05 Å². The van der Waals surface area contributed by atoms with Crippen molar-refractivity contribution in [3.63, 3.8) is 0 Å². The van der Waals surface area contributed by atoms with Crippen LogP contribution in [0.1, 0.15) is 10.5 Å². The minimum absolute atomic E-state index is 0.208. The molecule has 0 spiro atoms. The van der Waals surface area contributed by atoms with Gasteiger partial charge in [0, 0.05) is 14.1 Å². The van der Waals surface area contributed by atoms with Crippen LogP contribution < -0.4 is 10.6 Å². The summed E-state index contributed by atoms with van der Waals surface area (Å²) in [5.74, 6) is 0.493. The molecule has 0 aliphatic heterocycles. The monoisotopic (exact) mass is 233 g/mol. The normalized spacial score (nSPS) is 10.0. The van der Waals surface area contributed by atoms with E-state index in [9.17, 15) is 4.79 Å². The van der Waals surface area contributed by atoms with Crippen LogP contribution in [0.5, 0.6) is 0 Å². The van der Waals surface area contributed by atoms with Crippen LogP contribution in [0.2, 0.25) is 0 Å². The molecule has 0 atom stereocenters. The molecule has 0 saturated heterocycles. The van der Waals surface area contributed by atoms with Crippen LogP contribution in [0.4, 0.5) is 11.8 Å². The van der Waals surface area contributed by atoms with E-state index in [0.29, 0.717) is 11.8 Å². The molecule has 0 aliphatic rings. The van der Waals surface area contributed by atoms with E-state index in [2.05, 4.69) is 30.7 Å². The quantitative estimate of drug-likeness (QED) is 0.768. The Bertz CT molecular complexity index is 536. The van der Waals surface area contributed by atoms with Gasteiger partial charge in [0.05, 0.1) is 12.4 Å². The number of carbonyl (C=O) groups excluding carboxylic acids is 1. The van der Waals surface area contributed by atoms with E-state index in [4.69, 9.17) is 0 Å². The molecule has 2 aromatic rings. The summed E-state index contributed by atoms with van der Waals surface area (Å²) in [6.45, 7) is 0. The zero-order valence-corrected chi connectivity index (χ0v) is 9.38. The van der Waals surface area contributed by atoms with Gasteiger partial charge in [0.2, 0.25) is 5.95 Å². The van der Waals surface area contributed by atoms with Crippen molar-refractivity contribution in [3.05, 3.63) is 24.4 Å². The Morgan fingerprint density at radius 2 is 2.24 bits per heavy atom. The van der Waals surface area contributed by atoms with Gasteiger partial charge >= 0.3 is 0 Å². The minimum Gasteiger partial charge on any atom is -0.372 e. The summed E-state index contributed by atoms with van der Waals surface area (Å²) < 4.78 is 1.45. The molecule has 0 unspecified atom stereocenters. The molecular formula is C9H11N7O. The lowest BCUT2D eigenvalue weighted by atomic mass is 10.4. The van der Waals surface area contributed by atoms with Gasteiger partial charge in [0.1, 0.15) is 17.8 Å². The van der Waals surface area contributed by atoms with Crippen molar-refractivity contribution in [2.45, 2.75) is 0 Å². The minimum atomic E-state index is -0.384. The van der Waals surface area contributed by atoms with Crippen molar-refractivity contribution in [2.75, 3.05) is 17.7 Å². The van der Waals surface area contributed by atoms with Crippen LogP contribution in [-0.2, 0) is 7.05 Å². The van der Waals surface area contributed by atoms with Crippen LogP contribution in [0.15, 0.2) is 18.7 Å². The van der Waals surface area contributed by atoms with E-state index in [1.165, 1.54) is 23.4 Å². The number of anilines is 2. The Kier molecular flexibility index (Phi) is 2.95. The number of nitrogens with zero attached hydrogens (tertiary/aromatic N) is 5. The molecule has 88 valence electrons. The third-order valence-electron chi connectivity index (χ3n) is 2.06. The molecular weight excluding hydrogens is 222 g/mol. The zero-order valence-electron chi connectivity index (χ0n) is 9.38. The lowest BCUT2D eigenvalue weighted by Gasteiger charge is -2.04. The van der Waals surface area contributed by atoms with Gasteiger partial charge in [-0.05, 0) is 0 Å². The van der Waals surface area contributed by atoms with E-state index >= 15 is 0 Å². The maximum atomic E-state index is 11.8. The first-order valence-electron chi connectivity index (χ1n) is 4.86. The first-order chi connectivity index (χ1) is 8.20. The maximum absolute atomic E-state index is 11.8. The predicted octanol–water partition coefficient (Wildman–Crippen LogP) is -0.101. The Morgan fingerprint density at radius 3 is 2.88 bits per heavy atom. The summed E-state index contributed by atoms with van der Waals surface area (Å²) >= 11 is 0. The summed E-state index contributed by atoms with van der Waals surface area (Å²) in [5, 5.41) is 9.22. The number of rotatable bonds is 3. The number of hydrogen-bond donors (Lipinski definition) is 2. The fourth-order valence-corrected chi connectivity index (χ4v) is 1.17. The van der Waals surface area contributed by atoms with Gasteiger partial charge in [-0.2, -0.15) is 10.1 Å². The van der Waals surface area contributed by atoms with Gasteiger partial charge in [-0.1, -0.05) is 0 Å². The van der Waals surface area contributed by atoms with Gasteiger partial charge in [0.25, 0.3) is 5.91 Å². The van der Waals surface area contributed by atoms with Gasteiger partial charge in [-0.25, -0.2) is 9.67 Å². The number of nitrogens with one attached hydrogen (secondary N) is 2. The number of hydrogen-bond acceptors (Lipinski definition) is 6. The van der Waals surface area contributed by atoms with Crippen LogP contribution >= 0.6 is 0 Å². The molecule has 2 rings (SSSR count). The second-order valence-electron chi connectivity index (χ2n) is 3.20. The zero-order chi connectivity index (χ0) is 12.3. The third kappa shape index (κ3) is 2.36. The number of aromatic nitrogens is 5. The van der Waals surface area contributed by atoms with E-state index < -0.39 is 0 Å². The lowest BCUT2D eigenvalue weighted by Crippen LogP contribution is -2.17. The second-order valence-corrected chi connectivity index (χ2v) is 3.20. The summed E-state index contributed by atoms with van der Waals surface area (Å²) in [5.41, 5.74) is 0.208. The highest BCUT2D eigenvalue weighted by Crippen LogP contribution is 2.04. The second kappa shape index (κ2) is 4.56. The molecule has 8 nitrogen and oxygen atoms in total. The van der Waals surface area contributed by atoms with E-state index in [0.717, 1.165) is 0 Å². The SMILES string of the molecule is CNc1cncc(C(=O)Nc2ncnn2C)n1. The number of amides is 1. The molecule has 2 heterocycles. The Balaban J connectivity index is 2.17. The highest BCUT2D eigenvalue weighted by molar-refractivity contribution is 6.01. The van der Waals surface area contributed by atoms with E-state index in [1.807, 2.05) is 0 Å². The Labute approximate surface area is 97.1 Å². The fourth-order valence-electron chi connectivity index (χ4n) is 1.17. The molecule has 0 bridgehead atoms. The van der Waals surface area contributed by atoms with E-state index in [-0.39, 0.29) is 11.6 Å². The van der Waals surface area contributed by atoms with Crippen molar-refractivity contribution in [1.29, 1.82) is 0 Å². The van der Waals surface area contributed by atoms with Crippen LogP contribution in [0, 0.1) is 0 Å². The average molecular weight is 233 g/mol. The first-order valence-corrected chi connectivity index (χ1v) is 4.86. The van der Waals surface area contributed by atoms with Crippen molar-refractivity contribution in [3.8, 4) is 0 Å². The average Bonchev–Trinajstić information content (AvgIpc) is 2.75. The molecule has 2 aromatic heterocycles. The molecule has 8 heteroatoms. The van der Waals surface area contributed by atoms with Crippen molar-refractivity contribution in [1.82, 2.24) is 24.7 Å². The van der Waals surface area contributed by atoms with Crippen LogP contribution in [0.25, 0.3) is 0 Å². The fraction of sp³-hybridized carbons (Fsp3) is 0.222. The summed E-state index contributed by atoms with van der Waals surface area (Å²) in [6, 6.07) is 0. The molecule has 0 aromatic carbocycles. The predicted molar refractivity (Wildman–Crippen MR) is 60.5 cm³/mol. The summed E-state index contributed by atoms with van der Waals surface area (Å²) in [4.78, 5) is 23.6. The molecule has 2 N–H and O–H groups in total. The molecule has 0 saturated carbocycles. The van der Waals surface area contributed by atoms with Gasteiger partial charge in [-0.3, -0.25) is 15.1 Å². The number of carbonyl (C=O) groups is 1. The summed E-state index contributed by atoms with van der Waals surface area (Å²) in [7, 11) is 3.38. The van der Waals surface area contributed by atoms with Gasteiger partial charge < -0.3 is 5.32 Å². The summed E-state index contributed by atoms with van der Waals surface area (Å²) in [6.07, 6.45) is 4.26. The first kappa shape index (κ1) is 11.0. The van der Waals surface area contributed by atoms with Crippen molar-refractivity contribution >= 4 is 17.7 Å². The van der Waals surface area contributed by atoms with E-state index in [1.54, 1.807) is 14.1 Å². The molecule has 1 amide bonds. The highest BCUT2D eigenvalue weighted by Gasteiger charge is 2.11. The standard InChI is InChI=1S/C9H11N7O/c1-10-7-4-11-3-6(14-7)8(17)15-9-12-5-13-16(9)2/h3-5H,1-2H3,(H,10,14)(H,12,13,15,17). The van der Waals surface area contributed by atoms with Gasteiger partial charge in [0.15, 0.2) is 0 Å². The smallest absolute Gasteiger partial charge is 0.278 e. The molecule has 0 aliphatic carbocycles. The van der Waals surface area contributed by atoms with Crippen LogP contribution in [0.3, 0.4) is 0 Å². The van der Waals surface area contributed by atoms with Crippen LogP contribution in [-0.4, -0.2) is 37.7 Å². The Hall–Kier alpha value is -2.51. The van der Waals surface area contributed by atoms with Crippen molar-refractivity contribution < 1.29 is 4.79 Å². The largest absolute Gasteiger partial charge is 0.372 e. The van der Waals surface area contributed by atoms with Gasteiger partial charge in [-0.15, -0.1) is 0 Å². The molecule has 0 radical (unpaired) electrons. The topological polar surface area (TPSA) is 97.6 Å². The third-order valence-corrected chi connectivity index (χ3v) is 2.06. The Morgan fingerprint density at radius 1 is 1.41 bits per heavy atom. The number of aryl methyl sites for hydroxylation is 1. The maximum Gasteiger partial charge on any atom is 0.278 e. The highest BCUT2D eigenvalue weighted by atomic mass is 16.2. The molecule has 17 heavy (non-hydrogen) atoms. The molecule has 0 fully saturated rings.